The average molecular weight is 129 g/mol. The molecule has 0 aliphatic rings. The molecule has 1 heterocycles. The third-order valence-corrected chi connectivity index (χ3v) is 1.49. The third-order valence-electron chi connectivity index (χ3n) is 1.49. The van der Waals surface area contributed by atoms with E-state index >= 15 is 0 Å². The predicted molar refractivity (Wildman–Crippen MR) is 39.3 cm³/mol. The van der Waals surface area contributed by atoms with Crippen molar-refractivity contribution in [3.05, 3.63) is 42.6 Å². The fourth-order valence-electron chi connectivity index (χ4n) is 0.996. The molecule has 0 aliphatic carbocycles. The third kappa shape index (κ3) is 0.760. The normalized spacial score (nSPS) is 10.0. The topological polar surface area (TPSA) is 14.1 Å². The zero-order chi connectivity index (χ0) is 6.81. The molecule has 1 nitrogen and oxygen atoms in total. The number of nitrogens with one attached hydrogen (secondary N) is 1. The van der Waals surface area contributed by atoms with E-state index in [1.807, 2.05) is 36.5 Å². The molecule has 0 atom stereocenters. The van der Waals surface area contributed by atoms with Crippen LogP contribution in [0.15, 0.2) is 36.5 Å². The van der Waals surface area contributed by atoms with Crippen molar-refractivity contribution < 1.29 is 4.98 Å². The first-order valence-corrected chi connectivity index (χ1v) is 3.24. The Morgan fingerprint density at radius 3 is 3.10 bits per heavy atom. The van der Waals surface area contributed by atoms with E-state index in [0.29, 0.717) is 0 Å². The molecule has 47 valence electrons. The van der Waals surface area contributed by atoms with Crippen LogP contribution in [0.5, 0.6) is 0 Å². The lowest BCUT2D eigenvalue weighted by molar-refractivity contribution is -0.344. The van der Waals surface area contributed by atoms with Crippen LogP contribution in [-0.2, 0) is 0 Å². The molecular formula is C9H7N+. The second-order valence-corrected chi connectivity index (χ2v) is 2.17. The van der Waals surface area contributed by atoms with E-state index in [9.17, 15) is 0 Å². The van der Waals surface area contributed by atoms with Crippen LogP contribution in [0.25, 0.3) is 10.9 Å². The zero-order valence-corrected chi connectivity index (χ0v) is 5.46. The van der Waals surface area contributed by atoms with Crippen molar-refractivity contribution >= 4 is 10.9 Å². The van der Waals surface area contributed by atoms with Gasteiger partial charge in [-0.25, -0.2) is 4.98 Å². The molecule has 0 bridgehead atoms. The fraction of sp³-hybridized carbons (Fsp3) is 0. The van der Waals surface area contributed by atoms with Crippen LogP contribution in [0, 0.1) is 6.07 Å². The van der Waals surface area contributed by atoms with Gasteiger partial charge in [-0.15, -0.1) is 0 Å². The number of aromatic amines is 1. The van der Waals surface area contributed by atoms with Crippen molar-refractivity contribution in [1.29, 1.82) is 0 Å². The Bertz CT molecular complexity index is 276. The lowest BCUT2D eigenvalue weighted by Gasteiger charge is -1.85. The summed E-state index contributed by atoms with van der Waals surface area (Å²) >= 11 is 0. The fourth-order valence-corrected chi connectivity index (χ4v) is 0.996. The van der Waals surface area contributed by atoms with Crippen molar-refractivity contribution in [1.82, 2.24) is 0 Å². The van der Waals surface area contributed by atoms with Gasteiger partial charge in [0, 0.05) is 12.1 Å². The minimum Gasteiger partial charge on any atom is -0.211 e. The molecule has 1 N–H and O–H groups in total. The highest BCUT2D eigenvalue weighted by molar-refractivity contribution is 5.73. The second-order valence-electron chi connectivity index (χ2n) is 2.17. The molecule has 2 rings (SSSR count). The van der Waals surface area contributed by atoms with Crippen molar-refractivity contribution in [2.45, 2.75) is 0 Å². The second kappa shape index (κ2) is 2.10. The van der Waals surface area contributed by atoms with Crippen LogP contribution < -0.4 is 4.98 Å². The molecule has 2 aromatic rings. The van der Waals surface area contributed by atoms with Crippen LogP contribution >= 0.6 is 0 Å². The molecule has 0 spiro atoms. The molecule has 1 aromatic heterocycles. The monoisotopic (exact) mass is 129 g/mol. The average Bonchev–Trinajstić information content (AvgIpc) is 2.05. The maximum Gasteiger partial charge on any atom is 0.211 e. The summed E-state index contributed by atoms with van der Waals surface area (Å²) in [5.41, 5.74) is 1.13. The van der Waals surface area contributed by atoms with E-state index in [0.717, 1.165) is 10.9 Å². The SMILES string of the molecule is [c]1cccc2[nH+]cccc12. The first kappa shape index (κ1) is 5.42. The number of hydrogen-bond acceptors (Lipinski definition) is 0. The first-order chi connectivity index (χ1) is 4.97. The summed E-state index contributed by atoms with van der Waals surface area (Å²) in [6.45, 7) is 0. The van der Waals surface area contributed by atoms with E-state index in [-0.39, 0.29) is 0 Å². The van der Waals surface area contributed by atoms with Crippen molar-refractivity contribution in [3.8, 4) is 0 Å². The smallest absolute Gasteiger partial charge is 0.211 e. The highest BCUT2D eigenvalue weighted by Crippen LogP contribution is 2.04. The van der Waals surface area contributed by atoms with Crippen molar-refractivity contribution in [2.24, 2.45) is 0 Å². The Morgan fingerprint density at radius 2 is 2.20 bits per heavy atom. The minimum atomic E-state index is 1.13. The van der Waals surface area contributed by atoms with E-state index in [1.54, 1.807) is 0 Å². The zero-order valence-electron chi connectivity index (χ0n) is 5.46. The van der Waals surface area contributed by atoms with Crippen LogP contribution in [0.2, 0.25) is 0 Å². The molecule has 0 aliphatic heterocycles. The van der Waals surface area contributed by atoms with E-state index in [2.05, 4.69) is 11.1 Å². The van der Waals surface area contributed by atoms with Gasteiger partial charge in [-0.1, -0.05) is 12.1 Å². The van der Waals surface area contributed by atoms with Crippen LogP contribution in [-0.4, -0.2) is 0 Å². The van der Waals surface area contributed by atoms with Gasteiger partial charge in [0.2, 0.25) is 5.52 Å². The molecule has 0 amide bonds. The van der Waals surface area contributed by atoms with Gasteiger partial charge in [-0.3, -0.25) is 0 Å². The van der Waals surface area contributed by atoms with Gasteiger partial charge in [0.15, 0.2) is 6.20 Å². The molecule has 0 saturated carbocycles. The Hall–Kier alpha value is -1.37. The molecule has 1 heteroatoms. The van der Waals surface area contributed by atoms with Gasteiger partial charge in [0.1, 0.15) is 0 Å². The number of hydrogen-bond donors (Lipinski definition) is 0. The Kier molecular flexibility index (Phi) is 1.14. The van der Waals surface area contributed by atoms with E-state index < -0.39 is 0 Å². The summed E-state index contributed by atoms with van der Waals surface area (Å²) in [5.74, 6) is 0. The van der Waals surface area contributed by atoms with E-state index in [4.69, 9.17) is 0 Å². The number of pyridine rings is 1. The molecule has 1 aromatic carbocycles. The minimum absolute atomic E-state index is 1.13. The summed E-state index contributed by atoms with van der Waals surface area (Å²) in [4.78, 5) is 3.12. The van der Waals surface area contributed by atoms with Crippen LogP contribution in [0.1, 0.15) is 0 Å². The number of rotatable bonds is 0. The summed E-state index contributed by atoms with van der Waals surface area (Å²) in [6.07, 6.45) is 1.91. The molecule has 0 saturated heterocycles. The van der Waals surface area contributed by atoms with E-state index in [1.165, 1.54) is 0 Å². The van der Waals surface area contributed by atoms with Gasteiger partial charge in [0.25, 0.3) is 0 Å². The number of aromatic nitrogens is 1. The first-order valence-electron chi connectivity index (χ1n) is 3.24. The summed E-state index contributed by atoms with van der Waals surface area (Å²) in [7, 11) is 0. The van der Waals surface area contributed by atoms with Gasteiger partial charge >= 0.3 is 0 Å². The standard InChI is InChI=1S/C9H6N/c1-2-6-9-8(4-1)5-3-7-10-9/h1-3,5-7H/p+1. The van der Waals surface area contributed by atoms with Gasteiger partial charge in [-0.05, 0) is 12.1 Å². The molecule has 0 fully saturated rings. The van der Waals surface area contributed by atoms with Gasteiger partial charge < -0.3 is 0 Å². The molecule has 1 radical (unpaired) electrons. The quantitative estimate of drug-likeness (QED) is 0.511. The molecular weight excluding hydrogens is 122 g/mol. The van der Waals surface area contributed by atoms with Crippen molar-refractivity contribution in [2.75, 3.05) is 0 Å². The van der Waals surface area contributed by atoms with Crippen molar-refractivity contribution in [3.63, 3.8) is 0 Å². The van der Waals surface area contributed by atoms with Crippen LogP contribution in [0.4, 0.5) is 0 Å². The molecule has 0 unspecified atom stereocenters. The summed E-state index contributed by atoms with van der Waals surface area (Å²) in [5, 5.41) is 1.13. The Labute approximate surface area is 59.3 Å². The largest absolute Gasteiger partial charge is 0.211 e. The highest BCUT2D eigenvalue weighted by Gasteiger charge is 1.93. The van der Waals surface area contributed by atoms with Crippen LogP contribution in [0.3, 0.4) is 0 Å². The lowest BCUT2D eigenvalue weighted by Crippen LogP contribution is -1.99. The Balaban J connectivity index is 2.89. The maximum absolute atomic E-state index is 3.12. The maximum atomic E-state index is 3.12. The molecule has 10 heavy (non-hydrogen) atoms. The number of fused-ring (bicyclic) bond motifs is 1. The van der Waals surface area contributed by atoms with Gasteiger partial charge in [0.05, 0.1) is 5.39 Å². The lowest BCUT2D eigenvalue weighted by atomic mass is 10.2. The summed E-state index contributed by atoms with van der Waals surface area (Å²) in [6, 6.07) is 13.0. The van der Waals surface area contributed by atoms with Gasteiger partial charge in [-0.2, -0.15) is 0 Å². The number of benzene rings is 1. The predicted octanol–water partition coefficient (Wildman–Crippen LogP) is 1.45. The Morgan fingerprint density at radius 1 is 1.20 bits per heavy atom. The highest BCUT2D eigenvalue weighted by atomic mass is 14.6. The number of H-pyrrole nitrogens is 1. The summed E-state index contributed by atoms with van der Waals surface area (Å²) < 4.78 is 0.